The summed E-state index contributed by atoms with van der Waals surface area (Å²) in [6.07, 6.45) is 0.284. The van der Waals surface area contributed by atoms with Crippen LogP contribution in [0.15, 0.2) is 30.3 Å². The van der Waals surface area contributed by atoms with Crippen LogP contribution in [0.3, 0.4) is 0 Å². The Labute approximate surface area is 173 Å². The number of hydrogen-bond acceptors (Lipinski definition) is 6. The lowest BCUT2D eigenvalue weighted by Gasteiger charge is -2.27. The number of pyridine rings is 1. The first kappa shape index (κ1) is 17.8. The van der Waals surface area contributed by atoms with Crippen molar-refractivity contribution in [3.63, 3.8) is 0 Å². The van der Waals surface area contributed by atoms with Crippen molar-refractivity contribution in [1.82, 2.24) is 15.0 Å². The van der Waals surface area contributed by atoms with E-state index in [1.807, 2.05) is 30.3 Å². The van der Waals surface area contributed by atoms with E-state index in [9.17, 15) is 10.1 Å². The third-order valence-electron chi connectivity index (χ3n) is 5.05. The van der Waals surface area contributed by atoms with Gasteiger partial charge in [0.25, 0.3) is 0 Å². The number of aromatic amines is 1. The van der Waals surface area contributed by atoms with Crippen LogP contribution in [0, 0.1) is 16.7 Å². The Hall–Kier alpha value is -3.28. The van der Waals surface area contributed by atoms with Crippen molar-refractivity contribution >= 4 is 55.1 Å². The number of halogens is 1. The first-order chi connectivity index (χ1) is 14.1. The van der Waals surface area contributed by atoms with E-state index >= 15 is 0 Å². The number of carbonyl (C=O) groups is 1. The summed E-state index contributed by atoms with van der Waals surface area (Å²) in [5.41, 5.74) is 2.97. The number of H-pyrrole nitrogens is 1. The lowest BCUT2D eigenvalue weighted by Crippen LogP contribution is -2.24. The molecule has 7 nitrogen and oxygen atoms in total. The lowest BCUT2D eigenvalue weighted by atomic mass is 9.86. The second kappa shape index (κ2) is 6.65. The Morgan fingerprint density at radius 2 is 2.10 bits per heavy atom. The number of aromatic nitrogens is 3. The highest BCUT2D eigenvalue weighted by atomic mass is 35.5. The van der Waals surface area contributed by atoms with Gasteiger partial charge in [-0.15, -0.1) is 11.6 Å². The van der Waals surface area contributed by atoms with Crippen LogP contribution < -0.4 is 10.8 Å². The maximum Gasteiger partial charge on any atom is 0.225 e. The van der Waals surface area contributed by atoms with Gasteiger partial charge in [0.2, 0.25) is 5.91 Å². The molecule has 0 saturated carbocycles. The summed E-state index contributed by atoms with van der Waals surface area (Å²) in [5.74, 6) is 0.339. The standard InChI is InChI=1S/C20H13ClN6OS/c21-7-12-24-16-11(8-22)18(23)27-17-14-10(9-4-2-1-3-5-9)6-13(28)26-19(14)29-20(25-12)15(16)17/h1-5,10,23H,6-7H2,(H,24,25)(H,26,28). The number of hydrogen-bond donors (Lipinski definition) is 3. The van der Waals surface area contributed by atoms with Crippen molar-refractivity contribution in [1.29, 1.82) is 10.7 Å². The predicted molar refractivity (Wildman–Crippen MR) is 111 cm³/mol. The van der Waals surface area contributed by atoms with E-state index in [0.717, 1.165) is 11.1 Å². The number of amides is 1. The lowest BCUT2D eigenvalue weighted by molar-refractivity contribution is -0.116. The van der Waals surface area contributed by atoms with Crippen LogP contribution in [0.25, 0.3) is 21.3 Å². The molecular formula is C20H13ClN6OS. The first-order valence-corrected chi connectivity index (χ1v) is 10.2. The summed E-state index contributed by atoms with van der Waals surface area (Å²) >= 11 is 7.32. The molecule has 4 heterocycles. The molecule has 5 rings (SSSR count). The quantitative estimate of drug-likeness (QED) is 0.428. The number of rotatable bonds is 2. The summed E-state index contributed by atoms with van der Waals surface area (Å²) < 4.78 is 0. The molecule has 4 aromatic rings. The molecule has 0 aliphatic carbocycles. The third-order valence-corrected chi connectivity index (χ3v) is 6.31. The third kappa shape index (κ3) is 2.70. The van der Waals surface area contributed by atoms with Crippen molar-refractivity contribution in [3.05, 3.63) is 58.3 Å². The molecule has 0 saturated heterocycles. The van der Waals surface area contributed by atoms with Crippen LogP contribution >= 0.6 is 22.9 Å². The highest BCUT2D eigenvalue weighted by Crippen LogP contribution is 2.45. The average Bonchev–Trinajstić information content (AvgIpc) is 2.73. The van der Waals surface area contributed by atoms with E-state index in [2.05, 4.69) is 26.3 Å². The maximum atomic E-state index is 12.4. The molecule has 1 aliphatic heterocycles. The van der Waals surface area contributed by atoms with Gasteiger partial charge in [-0.25, -0.2) is 9.97 Å². The normalized spacial score (nSPS) is 15.9. The molecule has 3 N–H and O–H groups in total. The molecule has 0 bridgehead atoms. The van der Waals surface area contributed by atoms with Gasteiger partial charge in [0.05, 0.1) is 22.3 Å². The largest absolute Gasteiger partial charge is 0.341 e. The van der Waals surface area contributed by atoms with E-state index in [0.29, 0.717) is 32.1 Å². The number of nitrogens with zero attached hydrogens (tertiary/aromatic N) is 3. The fourth-order valence-corrected chi connectivity index (χ4v) is 5.11. The number of benzene rings is 1. The second-order valence-corrected chi connectivity index (χ2v) is 7.99. The SMILES string of the molecule is N#Cc1c(=N)nc2c3c(sc4nc(CCl)[nH]c1c42)NC(=O)CC3c1ccccc1. The molecule has 9 heteroatoms. The zero-order chi connectivity index (χ0) is 20.1. The number of carbonyl (C=O) groups excluding carboxylic acids is 1. The number of alkyl halides is 1. The molecule has 1 atom stereocenters. The molecule has 29 heavy (non-hydrogen) atoms. The maximum absolute atomic E-state index is 12.4. The van der Waals surface area contributed by atoms with E-state index in [1.54, 1.807) is 0 Å². The minimum atomic E-state index is -0.198. The van der Waals surface area contributed by atoms with E-state index in [-0.39, 0.29) is 35.2 Å². The fraction of sp³-hybridized carbons (Fsp3) is 0.150. The minimum absolute atomic E-state index is 0.0791. The molecule has 1 amide bonds. The van der Waals surface area contributed by atoms with Crippen molar-refractivity contribution in [2.45, 2.75) is 18.2 Å². The van der Waals surface area contributed by atoms with E-state index in [1.165, 1.54) is 11.3 Å². The van der Waals surface area contributed by atoms with Crippen molar-refractivity contribution in [2.75, 3.05) is 5.32 Å². The van der Waals surface area contributed by atoms with Gasteiger partial charge in [0.15, 0.2) is 5.49 Å². The monoisotopic (exact) mass is 420 g/mol. The van der Waals surface area contributed by atoms with Gasteiger partial charge in [-0.2, -0.15) is 5.26 Å². The van der Waals surface area contributed by atoms with Crippen LogP contribution in [0.4, 0.5) is 5.00 Å². The highest BCUT2D eigenvalue weighted by molar-refractivity contribution is 7.22. The Balaban J connectivity index is 1.95. The molecule has 0 radical (unpaired) electrons. The highest BCUT2D eigenvalue weighted by Gasteiger charge is 2.31. The van der Waals surface area contributed by atoms with Gasteiger partial charge < -0.3 is 10.3 Å². The molecule has 1 aromatic carbocycles. The Morgan fingerprint density at radius 1 is 1.31 bits per heavy atom. The van der Waals surface area contributed by atoms with Crippen LogP contribution in [0.5, 0.6) is 0 Å². The summed E-state index contributed by atoms with van der Waals surface area (Å²) in [6, 6.07) is 11.8. The summed E-state index contributed by atoms with van der Waals surface area (Å²) in [5, 5.41) is 22.2. The minimum Gasteiger partial charge on any atom is -0.341 e. The molecule has 1 unspecified atom stereocenters. The molecule has 0 fully saturated rings. The summed E-state index contributed by atoms with van der Waals surface area (Å²) in [6.45, 7) is 0. The van der Waals surface area contributed by atoms with Crippen molar-refractivity contribution in [3.8, 4) is 6.07 Å². The van der Waals surface area contributed by atoms with Crippen LogP contribution in [-0.4, -0.2) is 20.9 Å². The molecule has 1 aliphatic rings. The predicted octanol–water partition coefficient (Wildman–Crippen LogP) is 3.74. The van der Waals surface area contributed by atoms with Gasteiger partial charge in [-0.1, -0.05) is 41.7 Å². The van der Waals surface area contributed by atoms with E-state index in [4.69, 9.17) is 17.0 Å². The average molecular weight is 421 g/mol. The van der Waals surface area contributed by atoms with Crippen LogP contribution in [0.2, 0.25) is 0 Å². The zero-order valence-corrected chi connectivity index (χ0v) is 16.5. The summed E-state index contributed by atoms with van der Waals surface area (Å²) in [4.78, 5) is 25.2. The zero-order valence-electron chi connectivity index (χ0n) is 14.9. The van der Waals surface area contributed by atoms with Crippen LogP contribution in [0.1, 0.15) is 34.9 Å². The summed E-state index contributed by atoms with van der Waals surface area (Å²) in [7, 11) is 0. The smallest absolute Gasteiger partial charge is 0.225 e. The molecule has 142 valence electrons. The number of nitriles is 1. The first-order valence-electron chi connectivity index (χ1n) is 8.85. The van der Waals surface area contributed by atoms with Crippen molar-refractivity contribution < 1.29 is 4.79 Å². The van der Waals surface area contributed by atoms with Crippen molar-refractivity contribution in [2.24, 2.45) is 0 Å². The van der Waals surface area contributed by atoms with Gasteiger partial charge >= 0.3 is 0 Å². The van der Waals surface area contributed by atoms with Gasteiger partial charge in [-0.05, 0) is 5.56 Å². The second-order valence-electron chi connectivity index (χ2n) is 6.73. The topological polar surface area (TPSA) is 118 Å². The number of anilines is 1. The number of fused-ring (bicyclic) bond motifs is 2. The fourth-order valence-electron chi connectivity index (χ4n) is 3.82. The molecular weight excluding hydrogens is 408 g/mol. The van der Waals surface area contributed by atoms with Crippen LogP contribution in [-0.2, 0) is 10.7 Å². The van der Waals surface area contributed by atoms with Gasteiger partial charge in [0, 0.05) is 17.9 Å². The number of nitrogens with one attached hydrogen (secondary N) is 3. The molecule has 3 aromatic heterocycles. The van der Waals surface area contributed by atoms with E-state index < -0.39 is 0 Å². The Morgan fingerprint density at radius 3 is 2.83 bits per heavy atom. The van der Waals surface area contributed by atoms with Gasteiger partial charge in [-0.3, -0.25) is 10.2 Å². The Bertz CT molecular complexity index is 1400. The Kier molecular flexibility index (Phi) is 4.08. The molecule has 0 spiro atoms. The van der Waals surface area contributed by atoms with Gasteiger partial charge in [0.1, 0.15) is 27.3 Å².